The number of nitrogens with two attached hydrogens (primary N) is 1. The standard InChI is InChI=1S/C5H10ClN/c6-4-2-1-3-5-7/h1,3H,2,4-5,7H2. The van der Waals surface area contributed by atoms with Gasteiger partial charge in [0.05, 0.1) is 0 Å². The number of rotatable bonds is 3. The molecule has 0 aromatic carbocycles. The fourth-order valence-electron chi connectivity index (χ4n) is 0.277. The molecule has 42 valence electrons. The van der Waals surface area contributed by atoms with Crippen LogP contribution < -0.4 is 5.73 Å². The molecule has 0 radical (unpaired) electrons. The number of allylic oxidation sites excluding steroid dienone is 1. The second-order valence-electron chi connectivity index (χ2n) is 1.18. The Bertz CT molecular complexity index is 52.0. The Hall–Kier alpha value is -0.0100. The molecule has 0 spiro atoms. The minimum atomic E-state index is 0.622. The Morgan fingerprint density at radius 2 is 2.14 bits per heavy atom. The first-order valence-corrected chi connectivity index (χ1v) is 2.86. The summed E-state index contributed by atoms with van der Waals surface area (Å²) in [4.78, 5) is 0. The molecule has 0 bridgehead atoms. The minimum Gasteiger partial charge on any atom is -0.327 e. The van der Waals surface area contributed by atoms with Gasteiger partial charge in [-0.05, 0) is 6.42 Å². The molecular formula is C5H10ClN. The molecule has 0 aliphatic carbocycles. The fraction of sp³-hybridized carbons (Fsp3) is 0.600. The zero-order chi connectivity index (χ0) is 5.54. The Morgan fingerprint density at radius 3 is 2.57 bits per heavy atom. The third kappa shape index (κ3) is 5.99. The van der Waals surface area contributed by atoms with E-state index in [2.05, 4.69) is 0 Å². The molecule has 0 rings (SSSR count). The molecule has 0 amide bonds. The summed E-state index contributed by atoms with van der Waals surface area (Å²) >= 11 is 5.35. The Kier molecular flexibility index (Phi) is 5.98. The number of halogens is 1. The Morgan fingerprint density at radius 1 is 1.43 bits per heavy atom. The lowest BCUT2D eigenvalue weighted by molar-refractivity contribution is 1.18. The predicted molar refractivity (Wildman–Crippen MR) is 33.5 cm³/mol. The van der Waals surface area contributed by atoms with Crippen molar-refractivity contribution in [3.63, 3.8) is 0 Å². The van der Waals surface area contributed by atoms with Crippen LogP contribution in [0.5, 0.6) is 0 Å². The van der Waals surface area contributed by atoms with Crippen molar-refractivity contribution in [1.29, 1.82) is 0 Å². The fourth-order valence-corrected chi connectivity index (χ4v) is 0.403. The first-order chi connectivity index (χ1) is 3.41. The van der Waals surface area contributed by atoms with Gasteiger partial charge in [-0.25, -0.2) is 0 Å². The van der Waals surface area contributed by atoms with Crippen molar-refractivity contribution in [3.05, 3.63) is 12.2 Å². The zero-order valence-corrected chi connectivity index (χ0v) is 4.99. The highest BCUT2D eigenvalue weighted by Crippen LogP contribution is 1.83. The van der Waals surface area contributed by atoms with E-state index in [0.29, 0.717) is 12.4 Å². The maximum Gasteiger partial charge on any atom is 0.0258 e. The number of hydrogen-bond donors (Lipinski definition) is 1. The predicted octanol–water partition coefficient (Wildman–Crippen LogP) is 1.13. The van der Waals surface area contributed by atoms with Crippen LogP contribution in [0.1, 0.15) is 6.42 Å². The van der Waals surface area contributed by atoms with Gasteiger partial charge in [-0.2, -0.15) is 0 Å². The summed E-state index contributed by atoms with van der Waals surface area (Å²) in [5, 5.41) is 0. The van der Waals surface area contributed by atoms with E-state index in [-0.39, 0.29) is 0 Å². The topological polar surface area (TPSA) is 26.0 Å². The van der Waals surface area contributed by atoms with Crippen molar-refractivity contribution >= 4 is 11.6 Å². The normalized spacial score (nSPS) is 10.6. The molecule has 0 fully saturated rings. The molecule has 0 saturated carbocycles. The van der Waals surface area contributed by atoms with Crippen molar-refractivity contribution in [3.8, 4) is 0 Å². The average Bonchev–Trinajstić information content (AvgIpc) is 1.69. The minimum absolute atomic E-state index is 0.622. The zero-order valence-electron chi connectivity index (χ0n) is 4.23. The summed E-state index contributed by atoms with van der Waals surface area (Å²) in [5.41, 5.74) is 5.14. The maximum atomic E-state index is 5.35. The lowest BCUT2D eigenvalue weighted by Gasteiger charge is -1.78. The van der Waals surface area contributed by atoms with Crippen molar-refractivity contribution in [1.82, 2.24) is 0 Å². The second kappa shape index (κ2) is 5.99. The van der Waals surface area contributed by atoms with Crippen molar-refractivity contribution in [2.75, 3.05) is 12.4 Å². The molecule has 0 aliphatic heterocycles. The Labute approximate surface area is 49.2 Å². The quantitative estimate of drug-likeness (QED) is 0.438. The van der Waals surface area contributed by atoms with Crippen LogP contribution in [0.15, 0.2) is 12.2 Å². The van der Waals surface area contributed by atoms with Gasteiger partial charge in [0.1, 0.15) is 0 Å². The van der Waals surface area contributed by atoms with Gasteiger partial charge in [0, 0.05) is 12.4 Å². The van der Waals surface area contributed by atoms with Crippen LogP contribution in [0.2, 0.25) is 0 Å². The van der Waals surface area contributed by atoms with E-state index >= 15 is 0 Å². The molecule has 7 heavy (non-hydrogen) atoms. The Balaban J connectivity index is 2.78. The third-order valence-electron chi connectivity index (χ3n) is 0.579. The molecule has 0 aromatic heterocycles. The first kappa shape index (κ1) is 6.99. The van der Waals surface area contributed by atoms with E-state index in [4.69, 9.17) is 17.3 Å². The SMILES string of the molecule is NCC=CCCCl. The molecule has 0 saturated heterocycles. The molecule has 0 atom stereocenters. The summed E-state index contributed by atoms with van der Waals surface area (Å²) < 4.78 is 0. The van der Waals surface area contributed by atoms with Gasteiger partial charge in [-0.3, -0.25) is 0 Å². The first-order valence-electron chi connectivity index (χ1n) is 2.33. The van der Waals surface area contributed by atoms with E-state index in [1.807, 2.05) is 12.2 Å². The maximum absolute atomic E-state index is 5.35. The average molecular weight is 120 g/mol. The van der Waals surface area contributed by atoms with Crippen LogP contribution >= 0.6 is 11.6 Å². The van der Waals surface area contributed by atoms with Crippen molar-refractivity contribution < 1.29 is 0 Å². The van der Waals surface area contributed by atoms with Crippen LogP contribution in [-0.4, -0.2) is 12.4 Å². The van der Waals surface area contributed by atoms with Crippen molar-refractivity contribution in [2.24, 2.45) is 5.73 Å². The van der Waals surface area contributed by atoms with Gasteiger partial charge < -0.3 is 5.73 Å². The number of hydrogen-bond acceptors (Lipinski definition) is 1. The van der Waals surface area contributed by atoms with Gasteiger partial charge >= 0.3 is 0 Å². The molecule has 2 N–H and O–H groups in total. The summed E-state index contributed by atoms with van der Waals surface area (Å²) in [7, 11) is 0. The van der Waals surface area contributed by atoms with Crippen LogP contribution in [0.3, 0.4) is 0 Å². The van der Waals surface area contributed by atoms with Gasteiger partial charge in [0.15, 0.2) is 0 Å². The van der Waals surface area contributed by atoms with Gasteiger partial charge in [-0.15, -0.1) is 11.6 Å². The van der Waals surface area contributed by atoms with E-state index < -0.39 is 0 Å². The summed E-state index contributed by atoms with van der Waals surface area (Å²) in [6.07, 6.45) is 4.81. The van der Waals surface area contributed by atoms with Crippen LogP contribution in [0.4, 0.5) is 0 Å². The van der Waals surface area contributed by atoms with E-state index in [1.54, 1.807) is 0 Å². The van der Waals surface area contributed by atoms with Crippen LogP contribution in [0, 0.1) is 0 Å². The number of alkyl halides is 1. The molecule has 1 nitrogen and oxygen atoms in total. The molecule has 0 aliphatic rings. The monoisotopic (exact) mass is 119 g/mol. The highest BCUT2D eigenvalue weighted by Gasteiger charge is 1.69. The second-order valence-corrected chi connectivity index (χ2v) is 1.56. The van der Waals surface area contributed by atoms with E-state index in [1.165, 1.54) is 0 Å². The smallest absolute Gasteiger partial charge is 0.0258 e. The van der Waals surface area contributed by atoms with E-state index in [0.717, 1.165) is 6.42 Å². The molecular weight excluding hydrogens is 110 g/mol. The summed E-state index contributed by atoms with van der Waals surface area (Å²) in [5.74, 6) is 0.691. The lowest BCUT2D eigenvalue weighted by atomic mass is 10.4. The summed E-state index contributed by atoms with van der Waals surface area (Å²) in [6, 6.07) is 0. The molecule has 0 unspecified atom stereocenters. The van der Waals surface area contributed by atoms with Gasteiger partial charge in [-0.1, -0.05) is 12.2 Å². The van der Waals surface area contributed by atoms with Crippen LogP contribution in [-0.2, 0) is 0 Å². The van der Waals surface area contributed by atoms with Crippen LogP contribution in [0.25, 0.3) is 0 Å². The summed E-state index contributed by atoms with van der Waals surface area (Å²) in [6.45, 7) is 0.622. The third-order valence-corrected chi connectivity index (χ3v) is 0.797. The lowest BCUT2D eigenvalue weighted by Crippen LogP contribution is -1.91. The van der Waals surface area contributed by atoms with Crippen molar-refractivity contribution in [2.45, 2.75) is 6.42 Å². The highest BCUT2D eigenvalue weighted by atomic mass is 35.5. The highest BCUT2D eigenvalue weighted by molar-refractivity contribution is 6.17. The van der Waals surface area contributed by atoms with Gasteiger partial charge in [0.25, 0.3) is 0 Å². The molecule has 0 aromatic rings. The molecule has 0 heterocycles. The molecule has 2 heteroatoms. The largest absolute Gasteiger partial charge is 0.327 e. The van der Waals surface area contributed by atoms with Gasteiger partial charge in [0.2, 0.25) is 0 Å². The van der Waals surface area contributed by atoms with E-state index in [9.17, 15) is 0 Å².